The summed E-state index contributed by atoms with van der Waals surface area (Å²) in [7, 11) is 0. The van der Waals surface area contributed by atoms with Crippen molar-refractivity contribution in [3.05, 3.63) is 78.4 Å². The molecule has 0 radical (unpaired) electrons. The first-order valence-corrected chi connectivity index (χ1v) is 16.4. The Morgan fingerprint density at radius 2 is 1.40 bits per heavy atom. The molecule has 0 amide bonds. The van der Waals surface area contributed by atoms with E-state index in [4.69, 9.17) is 29.8 Å². The average Bonchev–Trinajstić information content (AvgIpc) is 3.60. The minimum Gasteiger partial charge on any atom is -0.489 e. The summed E-state index contributed by atoms with van der Waals surface area (Å²) < 4.78 is 26.9. The number of nitrogens with zero attached hydrogens (tertiary/aromatic N) is 3. The summed E-state index contributed by atoms with van der Waals surface area (Å²) in [6.45, 7) is 15.6. The van der Waals surface area contributed by atoms with Crippen molar-refractivity contribution in [2.75, 3.05) is 6.54 Å². The molecule has 2 heterocycles. The van der Waals surface area contributed by atoms with Gasteiger partial charge in [0.2, 0.25) is 0 Å². The second-order valence-electron chi connectivity index (χ2n) is 14.0. The number of carbonyl (C=O) groups is 2. The first kappa shape index (κ1) is 34.5. The van der Waals surface area contributed by atoms with Crippen LogP contribution in [0, 0.1) is 0 Å². The van der Waals surface area contributed by atoms with Crippen molar-refractivity contribution >= 4 is 34.0 Å². The van der Waals surface area contributed by atoms with Crippen LogP contribution in [-0.4, -0.2) is 49.9 Å². The number of ether oxygens (including phenoxy) is 4. The van der Waals surface area contributed by atoms with Gasteiger partial charge >= 0.3 is 12.2 Å². The molecule has 0 aliphatic carbocycles. The molecule has 2 N–H and O–H groups in total. The van der Waals surface area contributed by atoms with Crippen LogP contribution in [0.4, 0.5) is 9.59 Å². The summed E-state index contributed by atoms with van der Waals surface area (Å²) in [6, 6.07) is 22.6. The first-order chi connectivity index (χ1) is 22.7. The van der Waals surface area contributed by atoms with Crippen molar-refractivity contribution in [1.29, 1.82) is 0 Å². The Balaban J connectivity index is 1.70. The van der Waals surface area contributed by atoms with Gasteiger partial charge in [0.15, 0.2) is 0 Å². The summed E-state index contributed by atoms with van der Waals surface area (Å²) in [5.74, 6) is 1.20. The summed E-state index contributed by atoms with van der Waals surface area (Å²) in [5.41, 5.74) is 6.99. The van der Waals surface area contributed by atoms with Crippen molar-refractivity contribution < 1.29 is 28.5 Å². The van der Waals surface area contributed by atoms with Gasteiger partial charge in [-0.15, -0.1) is 0 Å². The quantitative estimate of drug-likeness (QED) is 0.168. The number of carbonyl (C=O) groups excluding carboxylic acids is 2. The molecule has 0 aliphatic heterocycles. The number of nitrogens with two attached hydrogens (primary N) is 1. The van der Waals surface area contributed by atoms with Crippen LogP contribution in [0.1, 0.15) is 73.8 Å². The molecule has 10 heteroatoms. The number of hydrogen-bond acceptors (Lipinski definition) is 8. The van der Waals surface area contributed by atoms with Crippen LogP contribution in [0.5, 0.6) is 11.5 Å². The third kappa shape index (κ3) is 7.49. The monoisotopic (exact) mass is 654 g/mol. The van der Waals surface area contributed by atoms with Gasteiger partial charge in [-0.1, -0.05) is 44.2 Å². The Bertz CT molecular complexity index is 1920. The van der Waals surface area contributed by atoms with Crippen molar-refractivity contribution in [2.45, 2.75) is 91.6 Å². The molecule has 0 fully saturated rings. The number of benzene rings is 3. The smallest absolute Gasteiger partial charge is 0.435 e. The average molecular weight is 655 g/mol. The van der Waals surface area contributed by atoms with Crippen LogP contribution >= 0.6 is 0 Å². The number of fused-ring (bicyclic) bond motifs is 2. The van der Waals surface area contributed by atoms with E-state index in [2.05, 4.69) is 13.8 Å². The third-order valence-corrected chi connectivity index (χ3v) is 8.05. The lowest BCUT2D eigenvalue weighted by molar-refractivity contribution is 0.0520. The molecular formula is C38H46N4O6. The topological polar surface area (TPSA) is 120 Å². The van der Waals surface area contributed by atoms with Gasteiger partial charge < -0.3 is 24.7 Å². The molecule has 10 nitrogen and oxygen atoms in total. The summed E-state index contributed by atoms with van der Waals surface area (Å²) in [6.07, 6.45) is 0.247. The van der Waals surface area contributed by atoms with Crippen molar-refractivity contribution in [3.63, 3.8) is 0 Å². The van der Waals surface area contributed by atoms with Gasteiger partial charge in [0, 0.05) is 17.3 Å². The lowest BCUT2D eigenvalue weighted by atomic mass is 9.97. The minimum absolute atomic E-state index is 0.350. The lowest BCUT2D eigenvalue weighted by Gasteiger charge is -2.31. The van der Waals surface area contributed by atoms with E-state index in [-0.39, 0.29) is 0 Å². The zero-order valence-electron chi connectivity index (χ0n) is 29.1. The maximum atomic E-state index is 13.9. The SMILES string of the molecule is CCC(CC)(CN)Oc1ccc2c(c1)cc(-c1nn(C(=O)OC(C)(C)C)c3ccc(OCc4ccccc4)cc13)n2C(=O)OC(C)(C)C. The molecule has 3 aromatic carbocycles. The van der Waals surface area contributed by atoms with Gasteiger partial charge in [0.25, 0.3) is 0 Å². The Morgan fingerprint density at radius 3 is 2.02 bits per heavy atom. The summed E-state index contributed by atoms with van der Waals surface area (Å²) in [4.78, 5) is 27.4. The van der Waals surface area contributed by atoms with Gasteiger partial charge in [-0.05, 0) is 102 Å². The van der Waals surface area contributed by atoms with Crippen LogP contribution < -0.4 is 15.2 Å². The molecule has 0 spiro atoms. The zero-order valence-corrected chi connectivity index (χ0v) is 29.1. The number of aromatic nitrogens is 3. The molecule has 2 aromatic heterocycles. The van der Waals surface area contributed by atoms with Gasteiger partial charge in [-0.25, -0.2) is 14.2 Å². The normalized spacial score (nSPS) is 12.4. The highest BCUT2D eigenvalue weighted by Gasteiger charge is 2.30. The molecule has 0 saturated heterocycles. The number of hydrogen-bond donors (Lipinski definition) is 1. The van der Waals surface area contributed by atoms with Crippen LogP contribution in [-0.2, 0) is 16.1 Å². The molecule has 5 aromatic rings. The highest BCUT2D eigenvalue weighted by Crippen LogP contribution is 2.37. The van der Waals surface area contributed by atoms with E-state index in [0.29, 0.717) is 52.5 Å². The van der Waals surface area contributed by atoms with Crippen LogP contribution in [0.2, 0.25) is 0 Å². The highest BCUT2D eigenvalue weighted by atomic mass is 16.6. The molecular weight excluding hydrogens is 608 g/mol. The van der Waals surface area contributed by atoms with Crippen molar-refractivity contribution in [3.8, 4) is 22.9 Å². The van der Waals surface area contributed by atoms with Crippen LogP contribution in [0.15, 0.2) is 72.8 Å². The van der Waals surface area contributed by atoms with E-state index in [1.54, 1.807) is 32.9 Å². The fourth-order valence-corrected chi connectivity index (χ4v) is 5.47. The molecule has 0 unspecified atom stereocenters. The van der Waals surface area contributed by atoms with E-state index in [1.807, 2.05) is 81.4 Å². The van der Waals surface area contributed by atoms with E-state index < -0.39 is 29.0 Å². The Hall–Kier alpha value is -4.83. The lowest BCUT2D eigenvalue weighted by Crippen LogP contribution is -2.42. The molecule has 254 valence electrons. The van der Waals surface area contributed by atoms with Crippen molar-refractivity contribution in [1.82, 2.24) is 14.3 Å². The zero-order chi connectivity index (χ0) is 34.9. The second-order valence-corrected chi connectivity index (χ2v) is 14.0. The largest absolute Gasteiger partial charge is 0.489 e. The maximum Gasteiger partial charge on any atom is 0.435 e. The molecule has 0 atom stereocenters. The van der Waals surface area contributed by atoms with Gasteiger partial charge in [-0.3, -0.25) is 0 Å². The minimum atomic E-state index is -0.770. The molecule has 0 aliphatic rings. The van der Waals surface area contributed by atoms with Crippen molar-refractivity contribution in [2.24, 2.45) is 5.73 Å². The Morgan fingerprint density at radius 1 is 0.771 bits per heavy atom. The van der Waals surface area contributed by atoms with E-state index in [9.17, 15) is 9.59 Å². The van der Waals surface area contributed by atoms with Crippen LogP contribution in [0.3, 0.4) is 0 Å². The Kier molecular flexibility index (Phi) is 9.60. The van der Waals surface area contributed by atoms with E-state index >= 15 is 0 Å². The standard InChI is InChI=1S/C38H46N4O6/c1-9-38(10-2,24-39)46-28-17-18-30-26(20-28)21-32(41(30)34(43)47-36(3,4)5)33-29-22-27(45-23-25-14-12-11-13-15-25)16-19-31(29)42(40-33)35(44)48-37(6,7)8/h11-22H,9-10,23-24,39H2,1-8H3. The fraction of sp³-hybridized carbons (Fsp3) is 0.395. The van der Waals surface area contributed by atoms with Gasteiger partial charge in [0.1, 0.15) is 40.6 Å². The van der Waals surface area contributed by atoms with Gasteiger partial charge in [-0.2, -0.15) is 9.78 Å². The Labute approximate surface area is 281 Å². The van der Waals surface area contributed by atoms with Crippen LogP contribution in [0.25, 0.3) is 33.2 Å². The maximum absolute atomic E-state index is 13.9. The van der Waals surface area contributed by atoms with Gasteiger partial charge in [0.05, 0.1) is 16.7 Å². The molecule has 5 rings (SSSR count). The third-order valence-electron chi connectivity index (χ3n) is 8.05. The predicted molar refractivity (Wildman–Crippen MR) is 188 cm³/mol. The number of rotatable bonds is 9. The summed E-state index contributed by atoms with van der Waals surface area (Å²) >= 11 is 0. The predicted octanol–water partition coefficient (Wildman–Crippen LogP) is 8.70. The first-order valence-electron chi connectivity index (χ1n) is 16.4. The molecule has 48 heavy (non-hydrogen) atoms. The highest BCUT2D eigenvalue weighted by molar-refractivity contribution is 6.03. The van der Waals surface area contributed by atoms with E-state index in [0.717, 1.165) is 23.8 Å². The summed E-state index contributed by atoms with van der Waals surface area (Å²) in [5, 5.41) is 6.09. The molecule has 0 saturated carbocycles. The second kappa shape index (κ2) is 13.4. The fourth-order valence-electron chi connectivity index (χ4n) is 5.47. The molecule has 0 bridgehead atoms. The van der Waals surface area contributed by atoms with E-state index in [1.165, 1.54) is 9.25 Å².